The fraction of sp³-hybridized carbons (Fsp3) is 0.300. The molecule has 2 aromatic carbocycles. The minimum atomic E-state index is -3.75. The first kappa shape index (κ1) is 23.2. The highest BCUT2D eigenvalue weighted by molar-refractivity contribution is 8.00. The van der Waals surface area contributed by atoms with E-state index in [0.29, 0.717) is 0 Å². The lowest BCUT2D eigenvalue weighted by molar-refractivity contribution is -0.129. The third-order valence-corrected chi connectivity index (χ3v) is 7.48. The van der Waals surface area contributed by atoms with E-state index in [0.717, 1.165) is 23.9 Å². The lowest BCUT2D eigenvalue weighted by Gasteiger charge is -2.34. The zero-order chi connectivity index (χ0) is 22.4. The molecule has 0 aromatic heterocycles. The number of piperazine rings is 1. The van der Waals surface area contributed by atoms with Gasteiger partial charge in [-0.2, -0.15) is 4.31 Å². The van der Waals surface area contributed by atoms with Crippen LogP contribution in [-0.4, -0.2) is 67.1 Å². The SMILES string of the molecule is O=C(CSCC(=O)N1CCN(S(=O)(=O)c2ccc(F)cc2)CC1)Nc1ccccc1F. The molecule has 0 bridgehead atoms. The molecule has 31 heavy (non-hydrogen) atoms. The topological polar surface area (TPSA) is 86.8 Å². The van der Waals surface area contributed by atoms with Crippen LogP contribution < -0.4 is 5.32 Å². The third-order valence-electron chi connectivity index (χ3n) is 4.65. The van der Waals surface area contributed by atoms with Crippen molar-refractivity contribution in [2.24, 2.45) is 0 Å². The number of sulfonamides is 1. The van der Waals surface area contributed by atoms with E-state index in [4.69, 9.17) is 0 Å². The number of halogens is 2. The molecule has 1 aliphatic rings. The Bertz CT molecular complexity index is 1040. The molecule has 11 heteroatoms. The molecule has 3 rings (SSSR count). The molecule has 1 heterocycles. The van der Waals surface area contributed by atoms with E-state index < -0.39 is 27.6 Å². The predicted molar refractivity (Wildman–Crippen MR) is 114 cm³/mol. The van der Waals surface area contributed by atoms with Gasteiger partial charge in [0.05, 0.1) is 22.1 Å². The van der Waals surface area contributed by atoms with Gasteiger partial charge < -0.3 is 10.2 Å². The van der Waals surface area contributed by atoms with Crippen LogP contribution in [0.25, 0.3) is 0 Å². The van der Waals surface area contributed by atoms with Gasteiger partial charge in [-0.05, 0) is 36.4 Å². The third kappa shape index (κ3) is 6.02. The summed E-state index contributed by atoms with van der Waals surface area (Å²) in [4.78, 5) is 25.8. The van der Waals surface area contributed by atoms with Gasteiger partial charge in [-0.3, -0.25) is 9.59 Å². The molecule has 1 aliphatic heterocycles. The summed E-state index contributed by atoms with van der Waals surface area (Å²) in [7, 11) is -3.75. The van der Waals surface area contributed by atoms with Gasteiger partial charge in [-0.15, -0.1) is 11.8 Å². The Balaban J connectivity index is 1.43. The summed E-state index contributed by atoms with van der Waals surface area (Å²) >= 11 is 1.10. The van der Waals surface area contributed by atoms with Crippen LogP contribution in [0.4, 0.5) is 14.5 Å². The minimum absolute atomic E-state index is 0.00472. The van der Waals surface area contributed by atoms with Gasteiger partial charge in [0, 0.05) is 26.2 Å². The second-order valence-electron chi connectivity index (χ2n) is 6.76. The van der Waals surface area contributed by atoms with Crippen molar-refractivity contribution in [3.63, 3.8) is 0 Å². The predicted octanol–water partition coefficient (Wildman–Crippen LogP) is 2.17. The van der Waals surface area contributed by atoms with Crippen LogP contribution in [0.15, 0.2) is 53.4 Å². The molecule has 0 unspecified atom stereocenters. The van der Waals surface area contributed by atoms with E-state index in [1.165, 1.54) is 34.6 Å². The molecule has 1 fully saturated rings. The van der Waals surface area contributed by atoms with Crippen molar-refractivity contribution in [3.8, 4) is 0 Å². The molecule has 7 nitrogen and oxygen atoms in total. The lowest BCUT2D eigenvalue weighted by Crippen LogP contribution is -2.51. The smallest absolute Gasteiger partial charge is 0.243 e. The van der Waals surface area contributed by atoms with Crippen molar-refractivity contribution >= 4 is 39.3 Å². The first-order valence-electron chi connectivity index (χ1n) is 9.43. The van der Waals surface area contributed by atoms with Gasteiger partial charge in [0.2, 0.25) is 21.8 Å². The number of amides is 2. The van der Waals surface area contributed by atoms with E-state index in [-0.39, 0.29) is 54.2 Å². The fourth-order valence-corrected chi connectivity index (χ4v) is 5.14. The van der Waals surface area contributed by atoms with E-state index in [1.54, 1.807) is 11.0 Å². The Hall–Kier alpha value is -2.50. The molecule has 0 radical (unpaired) electrons. The average molecular weight is 470 g/mol. The molecular formula is C20H21F2N3O4S2. The van der Waals surface area contributed by atoms with Crippen molar-refractivity contribution in [2.45, 2.75) is 4.90 Å². The Morgan fingerprint density at radius 2 is 1.58 bits per heavy atom. The highest BCUT2D eigenvalue weighted by Crippen LogP contribution is 2.19. The van der Waals surface area contributed by atoms with Crippen LogP contribution in [0.2, 0.25) is 0 Å². The molecule has 2 amide bonds. The number of anilines is 1. The average Bonchev–Trinajstić information content (AvgIpc) is 2.75. The van der Waals surface area contributed by atoms with E-state index in [2.05, 4.69) is 5.32 Å². The highest BCUT2D eigenvalue weighted by atomic mass is 32.2. The number of nitrogens with one attached hydrogen (secondary N) is 1. The first-order valence-corrected chi connectivity index (χ1v) is 12.0. The summed E-state index contributed by atoms with van der Waals surface area (Å²) in [6, 6.07) is 10.4. The first-order chi connectivity index (χ1) is 14.8. The Morgan fingerprint density at radius 3 is 2.23 bits per heavy atom. The second-order valence-corrected chi connectivity index (χ2v) is 9.68. The normalized spacial score (nSPS) is 15.0. The van der Waals surface area contributed by atoms with Gasteiger partial charge in [-0.25, -0.2) is 17.2 Å². The number of carbonyl (C=O) groups is 2. The molecule has 1 saturated heterocycles. The maximum Gasteiger partial charge on any atom is 0.243 e. The molecule has 2 aromatic rings. The summed E-state index contributed by atoms with van der Waals surface area (Å²) in [5.74, 6) is -1.64. The second kappa shape index (κ2) is 10.2. The molecule has 166 valence electrons. The summed E-state index contributed by atoms with van der Waals surface area (Å²) in [6.07, 6.45) is 0. The summed E-state index contributed by atoms with van der Waals surface area (Å²) in [5.41, 5.74) is 0.0814. The van der Waals surface area contributed by atoms with E-state index >= 15 is 0 Å². The zero-order valence-corrected chi connectivity index (χ0v) is 18.1. The standard InChI is InChI=1S/C20H21F2N3O4S2/c21-15-5-7-16(8-6-15)31(28,29)25-11-9-24(10-12-25)20(27)14-30-13-19(26)23-18-4-2-1-3-17(18)22/h1-8H,9-14H2,(H,23,26). The van der Waals surface area contributed by atoms with Crippen molar-refractivity contribution < 1.29 is 26.8 Å². The Morgan fingerprint density at radius 1 is 0.935 bits per heavy atom. The Labute approximate surface area is 183 Å². The molecular weight excluding hydrogens is 448 g/mol. The molecule has 0 spiro atoms. The maximum absolute atomic E-state index is 13.5. The van der Waals surface area contributed by atoms with Gasteiger partial charge in [0.25, 0.3) is 0 Å². The van der Waals surface area contributed by atoms with Crippen molar-refractivity contribution in [3.05, 3.63) is 60.2 Å². The van der Waals surface area contributed by atoms with Crippen LogP contribution in [0.3, 0.4) is 0 Å². The minimum Gasteiger partial charge on any atom is -0.339 e. The zero-order valence-electron chi connectivity index (χ0n) is 16.5. The van der Waals surface area contributed by atoms with Crippen LogP contribution in [0.1, 0.15) is 0 Å². The summed E-state index contributed by atoms with van der Waals surface area (Å²) in [6.45, 7) is 0.705. The largest absolute Gasteiger partial charge is 0.339 e. The quantitative estimate of drug-likeness (QED) is 0.672. The number of hydrogen-bond donors (Lipinski definition) is 1. The van der Waals surface area contributed by atoms with E-state index in [1.807, 2.05) is 0 Å². The van der Waals surface area contributed by atoms with Crippen LogP contribution in [0, 0.1) is 11.6 Å². The number of nitrogens with zero attached hydrogens (tertiary/aromatic N) is 2. The fourth-order valence-electron chi connectivity index (χ4n) is 3.00. The number of carbonyl (C=O) groups excluding carboxylic acids is 2. The lowest BCUT2D eigenvalue weighted by atomic mass is 10.3. The van der Waals surface area contributed by atoms with Crippen LogP contribution >= 0.6 is 11.8 Å². The number of thioether (sulfide) groups is 1. The molecule has 0 atom stereocenters. The number of hydrogen-bond acceptors (Lipinski definition) is 5. The monoisotopic (exact) mass is 469 g/mol. The van der Waals surface area contributed by atoms with Crippen molar-refractivity contribution in [1.82, 2.24) is 9.21 Å². The van der Waals surface area contributed by atoms with Crippen molar-refractivity contribution in [1.29, 1.82) is 0 Å². The van der Waals surface area contributed by atoms with Crippen molar-refractivity contribution in [2.75, 3.05) is 43.0 Å². The highest BCUT2D eigenvalue weighted by Gasteiger charge is 2.30. The van der Waals surface area contributed by atoms with Gasteiger partial charge in [0.1, 0.15) is 11.6 Å². The summed E-state index contributed by atoms with van der Waals surface area (Å²) < 4.78 is 53.1. The molecule has 1 N–H and O–H groups in total. The molecule has 0 aliphatic carbocycles. The maximum atomic E-state index is 13.5. The van der Waals surface area contributed by atoms with Crippen LogP contribution in [-0.2, 0) is 19.6 Å². The van der Waals surface area contributed by atoms with Gasteiger partial charge in [0.15, 0.2) is 0 Å². The molecule has 0 saturated carbocycles. The number of para-hydroxylation sites is 1. The van der Waals surface area contributed by atoms with Gasteiger partial charge in [-0.1, -0.05) is 12.1 Å². The summed E-state index contributed by atoms with van der Waals surface area (Å²) in [5, 5.41) is 2.45. The van der Waals surface area contributed by atoms with E-state index in [9.17, 15) is 26.8 Å². The number of rotatable bonds is 7. The van der Waals surface area contributed by atoms with Gasteiger partial charge >= 0.3 is 0 Å². The van der Waals surface area contributed by atoms with Crippen LogP contribution in [0.5, 0.6) is 0 Å². The Kier molecular flexibility index (Phi) is 7.63. The number of benzene rings is 2.